The van der Waals surface area contributed by atoms with Crippen LogP contribution in [-0.2, 0) is 4.79 Å². The van der Waals surface area contributed by atoms with Crippen LogP contribution in [0.4, 0.5) is 0 Å². The predicted molar refractivity (Wildman–Crippen MR) is 79.4 cm³/mol. The van der Waals surface area contributed by atoms with Crippen LogP contribution in [0.25, 0.3) is 0 Å². The average molecular weight is 267 g/mol. The minimum atomic E-state index is -0.254. The second-order valence-corrected chi connectivity index (χ2v) is 4.52. The average Bonchev–Trinajstić information content (AvgIpc) is 2.46. The van der Waals surface area contributed by atoms with Crippen LogP contribution in [0.15, 0.2) is 60.7 Å². The highest BCUT2D eigenvalue weighted by Gasteiger charge is 2.16. The van der Waals surface area contributed by atoms with E-state index >= 15 is 0 Å². The molecule has 0 bridgehead atoms. The number of carbonyl (C=O) groups is 1. The zero-order chi connectivity index (χ0) is 14.4. The Bertz CT molecular complexity index is 542. The van der Waals surface area contributed by atoms with Gasteiger partial charge in [-0.25, -0.2) is 0 Å². The van der Waals surface area contributed by atoms with Gasteiger partial charge in [-0.15, -0.1) is 0 Å². The van der Waals surface area contributed by atoms with E-state index in [0.717, 1.165) is 11.1 Å². The van der Waals surface area contributed by atoms with Crippen molar-refractivity contribution in [2.45, 2.75) is 12.5 Å². The van der Waals surface area contributed by atoms with Crippen molar-refractivity contribution >= 4 is 11.7 Å². The summed E-state index contributed by atoms with van der Waals surface area (Å²) >= 11 is 0. The maximum Gasteiger partial charge on any atom is 0.228 e. The summed E-state index contributed by atoms with van der Waals surface area (Å²) in [6.45, 7) is 0. The molecule has 102 valence electrons. The van der Waals surface area contributed by atoms with Crippen LogP contribution >= 0.6 is 0 Å². The lowest BCUT2D eigenvalue weighted by molar-refractivity contribution is -0.120. The van der Waals surface area contributed by atoms with Gasteiger partial charge in [0, 0.05) is 0 Å². The Labute approximate surface area is 118 Å². The van der Waals surface area contributed by atoms with Gasteiger partial charge in [0.15, 0.2) is 0 Å². The van der Waals surface area contributed by atoms with Crippen molar-refractivity contribution in [1.82, 2.24) is 5.32 Å². The van der Waals surface area contributed by atoms with Gasteiger partial charge >= 0.3 is 0 Å². The molecule has 0 aliphatic carbocycles. The summed E-state index contributed by atoms with van der Waals surface area (Å²) in [7, 11) is 0. The molecule has 0 aliphatic rings. The monoisotopic (exact) mass is 267 g/mol. The first kappa shape index (κ1) is 13.8. The van der Waals surface area contributed by atoms with Gasteiger partial charge in [0.25, 0.3) is 0 Å². The van der Waals surface area contributed by atoms with E-state index in [1.807, 2.05) is 60.7 Å². The van der Waals surface area contributed by atoms with E-state index in [4.69, 9.17) is 11.1 Å². The Kier molecular flexibility index (Phi) is 4.50. The lowest BCUT2D eigenvalue weighted by Gasteiger charge is -2.19. The molecule has 0 saturated heterocycles. The Morgan fingerprint density at radius 3 is 1.85 bits per heavy atom. The Hall–Kier alpha value is -2.62. The van der Waals surface area contributed by atoms with Crippen LogP contribution in [0.3, 0.4) is 0 Å². The summed E-state index contributed by atoms with van der Waals surface area (Å²) in [6, 6.07) is 19.2. The number of rotatable bonds is 5. The third kappa shape index (κ3) is 3.68. The molecule has 2 aromatic carbocycles. The molecule has 2 rings (SSSR count). The van der Waals surface area contributed by atoms with E-state index in [2.05, 4.69) is 5.32 Å². The molecule has 0 aromatic heterocycles. The summed E-state index contributed by atoms with van der Waals surface area (Å²) in [6.07, 6.45) is -0.0871. The molecule has 20 heavy (non-hydrogen) atoms. The van der Waals surface area contributed by atoms with Gasteiger partial charge in [0.1, 0.15) is 0 Å². The van der Waals surface area contributed by atoms with E-state index in [1.165, 1.54) is 0 Å². The zero-order valence-electron chi connectivity index (χ0n) is 11.0. The molecular weight excluding hydrogens is 250 g/mol. The second-order valence-electron chi connectivity index (χ2n) is 4.52. The molecule has 0 heterocycles. The minimum absolute atomic E-state index is 0.0871. The van der Waals surface area contributed by atoms with Crippen molar-refractivity contribution < 1.29 is 4.79 Å². The molecule has 0 atom stereocenters. The normalized spacial score (nSPS) is 10.2. The van der Waals surface area contributed by atoms with Gasteiger partial charge in [0.2, 0.25) is 5.91 Å². The molecule has 0 unspecified atom stereocenters. The van der Waals surface area contributed by atoms with Gasteiger partial charge < -0.3 is 11.1 Å². The number of nitrogens with two attached hydrogens (primary N) is 1. The summed E-state index contributed by atoms with van der Waals surface area (Å²) in [5.74, 6) is -0.391. The number of nitrogens with one attached hydrogen (secondary N) is 2. The van der Waals surface area contributed by atoms with E-state index < -0.39 is 0 Å². The van der Waals surface area contributed by atoms with Gasteiger partial charge in [-0.3, -0.25) is 10.2 Å². The molecule has 4 heteroatoms. The topological polar surface area (TPSA) is 79.0 Å². The maximum atomic E-state index is 11.9. The van der Waals surface area contributed by atoms with Crippen molar-refractivity contribution in [3.8, 4) is 0 Å². The highest BCUT2D eigenvalue weighted by Crippen LogP contribution is 2.21. The number of benzene rings is 2. The standard InChI is InChI=1S/C16H17N3O/c17-14(18)11-15(20)19-16(12-7-3-1-4-8-12)13-9-5-2-6-10-13/h1-10,16H,11H2,(H3,17,18)(H,19,20). The van der Waals surface area contributed by atoms with Crippen LogP contribution in [-0.4, -0.2) is 11.7 Å². The second kappa shape index (κ2) is 6.52. The smallest absolute Gasteiger partial charge is 0.228 e. The number of amidine groups is 1. The molecule has 0 fully saturated rings. The molecule has 2 aromatic rings. The van der Waals surface area contributed by atoms with Crippen LogP contribution < -0.4 is 11.1 Å². The number of carbonyl (C=O) groups excluding carboxylic acids is 1. The van der Waals surface area contributed by atoms with Crippen molar-refractivity contribution in [3.05, 3.63) is 71.8 Å². The van der Waals surface area contributed by atoms with Crippen molar-refractivity contribution in [1.29, 1.82) is 5.41 Å². The molecule has 0 spiro atoms. The molecular formula is C16H17N3O. The molecule has 4 N–H and O–H groups in total. The first-order valence-corrected chi connectivity index (χ1v) is 6.39. The Balaban J connectivity index is 2.26. The Morgan fingerprint density at radius 2 is 1.45 bits per heavy atom. The molecule has 0 aliphatic heterocycles. The summed E-state index contributed by atoms with van der Waals surface area (Å²) in [5.41, 5.74) is 7.26. The third-order valence-electron chi connectivity index (χ3n) is 2.92. The van der Waals surface area contributed by atoms with Gasteiger partial charge in [-0.05, 0) is 11.1 Å². The van der Waals surface area contributed by atoms with Crippen LogP contribution in [0.2, 0.25) is 0 Å². The van der Waals surface area contributed by atoms with Gasteiger partial charge in [0.05, 0.1) is 18.3 Å². The van der Waals surface area contributed by atoms with Crippen LogP contribution in [0.1, 0.15) is 23.6 Å². The fraction of sp³-hybridized carbons (Fsp3) is 0.125. The van der Waals surface area contributed by atoms with Crippen molar-refractivity contribution in [2.24, 2.45) is 5.73 Å². The quantitative estimate of drug-likeness (QED) is 0.573. The number of hydrogen-bond donors (Lipinski definition) is 3. The first-order valence-electron chi connectivity index (χ1n) is 6.39. The Morgan fingerprint density at radius 1 is 1.00 bits per heavy atom. The highest BCUT2D eigenvalue weighted by atomic mass is 16.1. The van der Waals surface area contributed by atoms with Crippen LogP contribution in [0, 0.1) is 5.41 Å². The van der Waals surface area contributed by atoms with Gasteiger partial charge in [-0.2, -0.15) is 0 Å². The fourth-order valence-electron chi connectivity index (χ4n) is 2.04. The summed E-state index contributed by atoms with van der Waals surface area (Å²) < 4.78 is 0. The predicted octanol–water partition coefficient (Wildman–Crippen LogP) is 2.22. The van der Waals surface area contributed by atoms with Crippen molar-refractivity contribution in [3.63, 3.8) is 0 Å². The third-order valence-corrected chi connectivity index (χ3v) is 2.92. The maximum absolute atomic E-state index is 11.9. The molecule has 1 amide bonds. The summed E-state index contributed by atoms with van der Waals surface area (Å²) in [4.78, 5) is 11.9. The molecule has 0 saturated carbocycles. The minimum Gasteiger partial charge on any atom is -0.387 e. The summed E-state index contributed by atoms with van der Waals surface area (Å²) in [5, 5.41) is 10.1. The fourth-order valence-corrected chi connectivity index (χ4v) is 2.04. The van der Waals surface area contributed by atoms with E-state index in [0.29, 0.717) is 0 Å². The van der Waals surface area contributed by atoms with Crippen molar-refractivity contribution in [2.75, 3.05) is 0 Å². The largest absolute Gasteiger partial charge is 0.387 e. The SMILES string of the molecule is N=C(N)CC(=O)NC(c1ccccc1)c1ccccc1. The lowest BCUT2D eigenvalue weighted by Crippen LogP contribution is -2.32. The molecule has 0 radical (unpaired) electrons. The molecule has 4 nitrogen and oxygen atoms in total. The van der Waals surface area contributed by atoms with Crippen LogP contribution in [0.5, 0.6) is 0 Å². The van der Waals surface area contributed by atoms with E-state index in [-0.39, 0.29) is 24.2 Å². The lowest BCUT2D eigenvalue weighted by atomic mass is 9.98. The van der Waals surface area contributed by atoms with E-state index in [9.17, 15) is 4.79 Å². The number of amides is 1. The number of hydrogen-bond acceptors (Lipinski definition) is 2. The first-order chi connectivity index (χ1) is 9.66. The van der Waals surface area contributed by atoms with E-state index in [1.54, 1.807) is 0 Å². The zero-order valence-corrected chi connectivity index (χ0v) is 11.0. The van der Waals surface area contributed by atoms with Gasteiger partial charge in [-0.1, -0.05) is 60.7 Å². The highest BCUT2D eigenvalue weighted by molar-refractivity contribution is 5.97.